The molecule has 2 aromatic carbocycles. The molecule has 0 bridgehead atoms. The minimum atomic E-state index is -0.343. The van der Waals surface area contributed by atoms with Crippen LogP contribution in [0.2, 0.25) is 0 Å². The highest BCUT2D eigenvalue weighted by atomic mass is 19.1. The van der Waals surface area contributed by atoms with Crippen molar-refractivity contribution in [1.82, 2.24) is 4.90 Å². The predicted octanol–water partition coefficient (Wildman–Crippen LogP) is 4.82. The zero-order valence-electron chi connectivity index (χ0n) is 18.3. The zero-order valence-corrected chi connectivity index (χ0v) is 18.3. The number of likely N-dealkylation sites (tertiary alicyclic amines) is 1. The van der Waals surface area contributed by atoms with Gasteiger partial charge >= 0.3 is 6.03 Å². The van der Waals surface area contributed by atoms with E-state index in [1.807, 2.05) is 47.9 Å². The number of methoxy groups -OCH3 is 1. The van der Waals surface area contributed by atoms with Crippen molar-refractivity contribution in [3.63, 3.8) is 0 Å². The molecule has 0 saturated carbocycles. The molecular weight excluding hydrogens is 397 g/mol. The molecule has 2 saturated heterocycles. The molecular formula is C24H30FN3O3. The highest BCUT2D eigenvalue weighted by Crippen LogP contribution is 2.34. The average molecular weight is 428 g/mol. The SMILES string of the molecule is COc1cccc([C@@H]2CCCN2C(=O)Nc2ccc(N3C[C@H](C)O[C@@H](C)C3)c(F)c2)c1. The first-order valence-electron chi connectivity index (χ1n) is 10.9. The lowest BCUT2D eigenvalue weighted by Crippen LogP contribution is -2.45. The van der Waals surface area contributed by atoms with Gasteiger partial charge in [0, 0.05) is 25.3 Å². The Bertz CT molecular complexity index is 928. The zero-order chi connectivity index (χ0) is 22.0. The first kappa shape index (κ1) is 21.4. The van der Waals surface area contributed by atoms with E-state index < -0.39 is 0 Å². The van der Waals surface area contributed by atoms with Crippen LogP contribution in [0.25, 0.3) is 0 Å². The van der Waals surface area contributed by atoms with E-state index in [-0.39, 0.29) is 30.1 Å². The van der Waals surface area contributed by atoms with Gasteiger partial charge in [0.25, 0.3) is 0 Å². The van der Waals surface area contributed by atoms with Crippen molar-refractivity contribution in [1.29, 1.82) is 0 Å². The molecule has 2 aliphatic heterocycles. The quantitative estimate of drug-likeness (QED) is 0.760. The maximum atomic E-state index is 14.9. The van der Waals surface area contributed by atoms with Crippen LogP contribution < -0.4 is 15.0 Å². The summed E-state index contributed by atoms with van der Waals surface area (Å²) >= 11 is 0. The third-order valence-corrected chi connectivity index (χ3v) is 5.95. The van der Waals surface area contributed by atoms with Crippen LogP contribution in [0.5, 0.6) is 5.75 Å². The van der Waals surface area contributed by atoms with Gasteiger partial charge in [-0.1, -0.05) is 12.1 Å². The van der Waals surface area contributed by atoms with Crippen molar-refractivity contribution in [2.45, 2.75) is 44.9 Å². The summed E-state index contributed by atoms with van der Waals surface area (Å²) in [5.41, 5.74) is 2.04. The lowest BCUT2D eigenvalue weighted by molar-refractivity contribution is -0.00539. The van der Waals surface area contributed by atoms with Crippen LogP contribution in [0.3, 0.4) is 0 Å². The van der Waals surface area contributed by atoms with Crippen LogP contribution in [-0.2, 0) is 4.74 Å². The molecule has 2 amide bonds. The van der Waals surface area contributed by atoms with Gasteiger partial charge < -0.3 is 24.6 Å². The number of nitrogens with one attached hydrogen (secondary N) is 1. The summed E-state index contributed by atoms with van der Waals surface area (Å²) in [5.74, 6) is 0.430. The van der Waals surface area contributed by atoms with Gasteiger partial charge in [-0.25, -0.2) is 9.18 Å². The van der Waals surface area contributed by atoms with E-state index >= 15 is 0 Å². The molecule has 166 valence electrons. The van der Waals surface area contributed by atoms with Gasteiger partial charge in [-0.15, -0.1) is 0 Å². The normalized spacial score (nSPS) is 23.7. The van der Waals surface area contributed by atoms with Crippen LogP contribution in [0.4, 0.5) is 20.6 Å². The Morgan fingerprint density at radius 1 is 1.16 bits per heavy atom. The molecule has 4 rings (SSSR count). The summed E-state index contributed by atoms with van der Waals surface area (Å²) in [6, 6.07) is 12.5. The summed E-state index contributed by atoms with van der Waals surface area (Å²) in [7, 11) is 1.63. The van der Waals surface area contributed by atoms with Crippen LogP contribution in [0.1, 0.15) is 38.3 Å². The molecule has 2 heterocycles. The number of urea groups is 1. The van der Waals surface area contributed by atoms with E-state index in [1.54, 1.807) is 19.2 Å². The van der Waals surface area contributed by atoms with Crippen molar-refractivity contribution in [2.75, 3.05) is 37.0 Å². The first-order valence-corrected chi connectivity index (χ1v) is 10.9. The number of carbonyl (C=O) groups is 1. The van der Waals surface area contributed by atoms with Gasteiger partial charge in [-0.2, -0.15) is 0 Å². The minimum Gasteiger partial charge on any atom is -0.497 e. The van der Waals surface area contributed by atoms with Gasteiger partial charge in [0.15, 0.2) is 0 Å². The van der Waals surface area contributed by atoms with Crippen molar-refractivity contribution < 1.29 is 18.7 Å². The number of rotatable bonds is 4. The molecule has 7 heteroatoms. The topological polar surface area (TPSA) is 54.0 Å². The van der Waals surface area contributed by atoms with Gasteiger partial charge in [0.2, 0.25) is 0 Å². The molecule has 2 aliphatic rings. The fourth-order valence-electron chi connectivity index (χ4n) is 4.62. The van der Waals surface area contributed by atoms with E-state index in [1.165, 1.54) is 6.07 Å². The summed E-state index contributed by atoms with van der Waals surface area (Å²) < 4.78 is 25.9. The maximum absolute atomic E-state index is 14.9. The molecule has 0 aromatic heterocycles. The smallest absolute Gasteiger partial charge is 0.322 e. The Kier molecular flexibility index (Phi) is 6.32. The summed E-state index contributed by atoms with van der Waals surface area (Å²) in [4.78, 5) is 16.8. The average Bonchev–Trinajstić information content (AvgIpc) is 3.23. The summed E-state index contributed by atoms with van der Waals surface area (Å²) in [5, 5.41) is 2.87. The Balaban J connectivity index is 1.46. The minimum absolute atomic E-state index is 0.0180. The van der Waals surface area contributed by atoms with Crippen LogP contribution in [-0.4, -0.2) is 49.9 Å². The largest absolute Gasteiger partial charge is 0.497 e. The van der Waals surface area contributed by atoms with Crippen molar-refractivity contribution >= 4 is 17.4 Å². The number of hydrogen-bond donors (Lipinski definition) is 1. The Morgan fingerprint density at radius 3 is 2.65 bits per heavy atom. The van der Waals surface area contributed by atoms with Crippen LogP contribution >= 0.6 is 0 Å². The third kappa shape index (κ3) is 4.77. The van der Waals surface area contributed by atoms with Gasteiger partial charge in [0.05, 0.1) is 31.0 Å². The molecule has 2 fully saturated rings. The van der Waals surface area contributed by atoms with E-state index in [9.17, 15) is 9.18 Å². The molecule has 0 spiro atoms. The Labute approximate surface area is 182 Å². The number of carbonyl (C=O) groups excluding carboxylic acids is 1. The molecule has 3 atom stereocenters. The number of halogens is 1. The second-order valence-electron chi connectivity index (χ2n) is 8.39. The molecule has 1 N–H and O–H groups in total. The third-order valence-electron chi connectivity index (χ3n) is 5.95. The van der Waals surface area contributed by atoms with Crippen molar-refractivity contribution in [3.8, 4) is 5.75 Å². The van der Waals surface area contributed by atoms with Crippen LogP contribution in [0.15, 0.2) is 42.5 Å². The first-order chi connectivity index (χ1) is 14.9. The molecule has 31 heavy (non-hydrogen) atoms. The monoisotopic (exact) mass is 427 g/mol. The van der Waals surface area contributed by atoms with E-state index in [2.05, 4.69) is 5.32 Å². The standard InChI is InChI=1S/C24H30FN3O3/c1-16-14-27(15-17(2)31-16)23-10-9-19(13-21(23)25)26-24(29)28-11-5-8-22(28)18-6-4-7-20(12-18)30-3/h4,6-7,9-10,12-13,16-17,22H,5,8,11,14-15H2,1-3H3,(H,26,29)/t16-,17-,22-/m0/s1. The van der Waals surface area contributed by atoms with E-state index in [4.69, 9.17) is 9.47 Å². The number of nitrogens with zero attached hydrogens (tertiary/aromatic N) is 2. The lowest BCUT2D eigenvalue weighted by Gasteiger charge is -2.37. The Morgan fingerprint density at radius 2 is 1.94 bits per heavy atom. The highest BCUT2D eigenvalue weighted by molar-refractivity contribution is 5.90. The number of hydrogen-bond acceptors (Lipinski definition) is 4. The van der Waals surface area contributed by atoms with E-state index in [0.717, 1.165) is 24.2 Å². The maximum Gasteiger partial charge on any atom is 0.322 e. The lowest BCUT2D eigenvalue weighted by atomic mass is 10.0. The number of morpholine rings is 1. The van der Waals surface area contributed by atoms with Gasteiger partial charge in [-0.3, -0.25) is 0 Å². The van der Waals surface area contributed by atoms with Crippen molar-refractivity contribution in [3.05, 3.63) is 53.8 Å². The number of ether oxygens (including phenoxy) is 2. The fraction of sp³-hybridized carbons (Fsp3) is 0.458. The number of amides is 2. The second-order valence-corrected chi connectivity index (χ2v) is 8.39. The summed E-state index contributed by atoms with van der Waals surface area (Å²) in [6.07, 6.45) is 1.91. The second kappa shape index (κ2) is 9.14. The summed E-state index contributed by atoms with van der Waals surface area (Å²) in [6.45, 7) is 5.93. The number of benzene rings is 2. The van der Waals surface area contributed by atoms with Crippen molar-refractivity contribution in [2.24, 2.45) is 0 Å². The molecule has 0 aliphatic carbocycles. The molecule has 0 unspecified atom stereocenters. The van der Waals surface area contributed by atoms with Gasteiger partial charge in [-0.05, 0) is 62.6 Å². The molecule has 2 aromatic rings. The molecule has 0 radical (unpaired) electrons. The van der Waals surface area contributed by atoms with Crippen LogP contribution in [0, 0.1) is 5.82 Å². The predicted molar refractivity (Wildman–Crippen MR) is 119 cm³/mol. The Hall–Kier alpha value is -2.80. The number of anilines is 2. The van der Waals surface area contributed by atoms with Gasteiger partial charge in [0.1, 0.15) is 11.6 Å². The molecule has 6 nitrogen and oxygen atoms in total. The van der Waals surface area contributed by atoms with E-state index in [0.29, 0.717) is 31.0 Å². The fourth-order valence-corrected chi connectivity index (χ4v) is 4.62. The highest BCUT2D eigenvalue weighted by Gasteiger charge is 2.30.